The number of aromatic amines is 1. The normalized spacial score (nSPS) is 10.7. The van der Waals surface area contributed by atoms with Crippen molar-refractivity contribution >= 4 is 21.9 Å². The predicted octanol–water partition coefficient (Wildman–Crippen LogP) is 3.69. The first-order valence-electron chi connectivity index (χ1n) is 6.83. The third-order valence-electron chi connectivity index (χ3n) is 3.48. The number of nitrogens with one attached hydrogen (secondary N) is 1. The number of carboxylic acid groups (broad SMARTS) is 1. The molecule has 0 unspecified atom stereocenters. The van der Waals surface area contributed by atoms with E-state index in [-0.39, 0.29) is 5.56 Å². The lowest BCUT2D eigenvalue weighted by Crippen LogP contribution is -2.04. The molecule has 1 heterocycles. The molecule has 0 bridgehead atoms. The van der Waals surface area contributed by atoms with Crippen molar-refractivity contribution in [3.8, 4) is 11.3 Å². The summed E-state index contributed by atoms with van der Waals surface area (Å²) in [5.41, 5.74) is 2.49. The van der Waals surface area contributed by atoms with Crippen LogP contribution in [0.4, 0.5) is 0 Å². The Morgan fingerprint density at radius 1 is 1.17 bits per heavy atom. The SMILES string of the molecule is O=C(O)c1ccc(-c2[nH]oc(=O)c2Cc2cccc(Br)c2)cc1. The first-order chi connectivity index (χ1) is 11.0. The fourth-order valence-electron chi connectivity index (χ4n) is 2.35. The largest absolute Gasteiger partial charge is 0.478 e. The summed E-state index contributed by atoms with van der Waals surface area (Å²) in [6.45, 7) is 0. The molecule has 5 nitrogen and oxygen atoms in total. The number of H-pyrrole nitrogens is 1. The van der Waals surface area contributed by atoms with Gasteiger partial charge in [0.15, 0.2) is 0 Å². The third-order valence-corrected chi connectivity index (χ3v) is 3.98. The topological polar surface area (TPSA) is 83.3 Å². The lowest BCUT2D eigenvalue weighted by atomic mass is 10.0. The number of hydrogen-bond acceptors (Lipinski definition) is 3. The van der Waals surface area contributed by atoms with E-state index in [1.165, 1.54) is 12.1 Å². The number of carboxylic acids is 1. The first-order valence-corrected chi connectivity index (χ1v) is 7.62. The van der Waals surface area contributed by atoms with Gasteiger partial charge in [0.1, 0.15) is 0 Å². The van der Waals surface area contributed by atoms with Crippen molar-refractivity contribution in [2.24, 2.45) is 0 Å². The molecule has 3 aromatic rings. The van der Waals surface area contributed by atoms with Crippen LogP contribution < -0.4 is 5.63 Å². The van der Waals surface area contributed by atoms with Crippen LogP contribution in [0.3, 0.4) is 0 Å². The summed E-state index contributed by atoms with van der Waals surface area (Å²) in [6.07, 6.45) is 0.418. The summed E-state index contributed by atoms with van der Waals surface area (Å²) in [6, 6.07) is 13.9. The van der Waals surface area contributed by atoms with Crippen molar-refractivity contribution in [3.63, 3.8) is 0 Å². The van der Waals surface area contributed by atoms with Gasteiger partial charge in [-0.25, -0.2) is 14.7 Å². The van der Waals surface area contributed by atoms with Gasteiger partial charge in [0, 0.05) is 16.5 Å². The summed E-state index contributed by atoms with van der Waals surface area (Å²) in [5, 5.41) is 11.6. The van der Waals surface area contributed by atoms with E-state index in [9.17, 15) is 9.59 Å². The van der Waals surface area contributed by atoms with Gasteiger partial charge in [0.25, 0.3) is 0 Å². The van der Waals surface area contributed by atoms with Crippen molar-refractivity contribution in [2.75, 3.05) is 0 Å². The molecule has 116 valence electrons. The fraction of sp³-hybridized carbons (Fsp3) is 0.0588. The molecule has 0 aliphatic heterocycles. The van der Waals surface area contributed by atoms with Gasteiger partial charge in [-0.3, -0.25) is 0 Å². The molecule has 0 radical (unpaired) electrons. The summed E-state index contributed by atoms with van der Waals surface area (Å²) < 4.78 is 5.85. The van der Waals surface area contributed by atoms with Gasteiger partial charge < -0.3 is 9.63 Å². The standard InChI is InChI=1S/C17H12BrNO4/c18-13-3-1-2-10(8-13)9-14-15(19-23-17(14)22)11-4-6-12(7-5-11)16(20)21/h1-8,19H,9H2,(H,20,21). The second-order valence-electron chi connectivity index (χ2n) is 5.03. The maximum atomic E-state index is 12.0. The number of benzene rings is 2. The number of halogens is 1. The number of hydrogen-bond donors (Lipinski definition) is 2. The zero-order valence-electron chi connectivity index (χ0n) is 11.9. The molecular weight excluding hydrogens is 362 g/mol. The highest BCUT2D eigenvalue weighted by atomic mass is 79.9. The number of aromatic nitrogens is 1. The van der Waals surface area contributed by atoms with Crippen LogP contribution in [-0.2, 0) is 6.42 Å². The van der Waals surface area contributed by atoms with Gasteiger partial charge in [0.2, 0.25) is 0 Å². The van der Waals surface area contributed by atoms with Crippen molar-refractivity contribution in [3.05, 3.63) is 80.1 Å². The Hall–Kier alpha value is -2.60. The second-order valence-corrected chi connectivity index (χ2v) is 5.95. The van der Waals surface area contributed by atoms with E-state index < -0.39 is 11.6 Å². The number of aromatic carboxylic acids is 1. The number of carbonyl (C=O) groups is 1. The second kappa shape index (κ2) is 6.26. The van der Waals surface area contributed by atoms with Gasteiger partial charge in [-0.05, 0) is 29.8 Å². The molecule has 0 aliphatic rings. The van der Waals surface area contributed by atoms with E-state index in [0.717, 1.165) is 10.0 Å². The van der Waals surface area contributed by atoms with Gasteiger partial charge >= 0.3 is 11.6 Å². The summed E-state index contributed by atoms with van der Waals surface area (Å²) in [7, 11) is 0. The molecule has 0 amide bonds. The Morgan fingerprint density at radius 2 is 1.91 bits per heavy atom. The lowest BCUT2D eigenvalue weighted by molar-refractivity contribution is 0.0697. The van der Waals surface area contributed by atoms with Crippen molar-refractivity contribution in [1.82, 2.24) is 5.16 Å². The molecular formula is C17H12BrNO4. The lowest BCUT2D eigenvalue weighted by Gasteiger charge is -2.03. The highest BCUT2D eigenvalue weighted by Crippen LogP contribution is 2.23. The van der Waals surface area contributed by atoms with E-state index in [2.05, 4.69) is 21.1 Å². The molecule has 0 saturated carbocycles. The van der Waals surface area contributed by atoms with Crippen molar-refractivity contribution in [2.45, 2.75) is 6.42 Å². The number of rotatable bonds is 4. The van der Waals surface area contributed by atoms with Gasteiger partial charge in [0.05, 0.1) is 16.8 Å². The quantitative estimate of drug-likeness (QED) is 0.730. The molecule has 0 spiro atoms. The zero-order valence-corrected chi connectivity index (χ0v) is 13.5. The average Bonchev–Trinajstić information content (AvgIpc) is 2.88. The van der Waals surface area contributed by atoms with Crippen LogP contribution in [0.15, 0.2) is 62.3 Å². The zero-order chi connectivity index (χ0) is 16.4. The Balaban J connectivity index is 1.98. The van der Waals surface area contributed by atoms with Crippen LogP contribution in [0.1, 0.15) is 21.5 Å². The van der Waals surface area contributed by atoms with Crippen LogP contribution in [0.5, 0.6) is 0 Å². The molecule has 3 rings (SSSR count). The monoisotopic (exact) mass is 373 g/mol. The van der Waals surface area contributed by atoms with Crippen LogP contribution in [0.25, 0.3) is 11.3 Å². The van der Waals surface area contributed by atoms with E-state index in [1.807, 2.05) is 24.3 Å². The third kappa shape index (κ3) is 3.27. The van der Waals surface area contributed by atoms with E-state index >= 15 is 0 Å². The molecule has 2 aromatic carbocycles. The minimum Gasteiger partial charge on any atom is -0.478 e. The summed E-state index contributed by atoms with van der Waals surface area (Å²) in [5.74, 6) is -0.994. The van der Waals surface area contributed by atoms with Crippen molar-refractivity contribution < 1.29 is 14.4 Å². The fourth-order valence-corrected chi connectivity index (χ4v) is 2.79. The Kier molecular flexibility index (Phi) is 4.16. The molecule has 2 N–H and O–H groups in total. The van der Waals surface area contributed by atoms with Crippen LogP contribution in [0.2, 0.25) is 0 Å². The van der Waals surface area contributed by atoms with Gasteiger partial charge in [-0.15, -0.1) is 0 Å². The highest BCUT2D eigenvalue weighted by Gasteiger charge is 2.15. The molecule has 0 saturated heterocycles. The Labute approximate surface area is 139 Å². The summed E-state index contributed by atoms with van der Waals surface area (Å²) in [4.78, 5) is 22.9. The minimum absolute atomic E-state index is 0.188. The summed E-state index contributed by atoms with van der Waals surface area (Å²) >= 11 is 3.40. The molecule has 6 heteroatoms. The highest BCUT2D eigenvalue weighted by molar-refractivity contribution is 9.10. The predicted molar refractivity (Wildman–Crippen MR) is 88.7 cm³/mol. The molecule has 23 heavy (non-hydrogen) atoms. The van der Waals surface area contributed by atoms with Crippen LogP contribution in [0, 0.1) is 0 Å². The minimum atomic E-state index is -0.994. The molecule has 1 aromatic heterocycles. The Morgan fingerprint density at radius 3 is 2.57 bits per heavy atom. The van der Waals surface area contributed by atoms with Crippen LogP contribution in [-0.4, -0.2) is 16.2 Å². The molecule has 0 atom stereocenters. The van der Waals surface area contributed by atoms with Crippen molar-refractivity contribution in [1.29, 1.82) is 0 Å². The maximum absolute atomic E-state index is 12.0. The first kappa shape index (κ1) is 15.3. The average molecular weight is 374 g/mol. The van der Waals surface area contributed by atoms with Crippen LogP contribution >= 0.6 is 15.9 Å². The van der Waals surface area contributed by atoms with Gasteiger partial charge in [-0.1, -0.05) is 40.2 Å². The van der Waals surface area contributed by atoms with E-state index in [1.54, 1.807) is 12.1 Å². The smallest absolute Gasteiger partial charge is 0.361 e. The van der Waals surface area contributed by atoms with E-state index in [4.69, 9.17) is 9.63 Å². The maximum Gasteiger partial charge on any atom is 0.361 e. The van der Waals surface area contributed by atoms with Gasteiger partial charge in [-0.2, -0.15) is 0 Å². The van der Waals surface area contributed by atoms with E-state index in [0.29, 0.717) is 23.2 Å². The molecule has 0 aliphatic carbocycles. The molecule has 0 fully saturated rings. The Bertz CT molecular complexity index is 909.